The van der Waals surface area contributed by atoms with Gasteiger partial charge in [-0.15, -0.1) is 0 Å². The Morgan fingerprint density at radius 3 is 2.03 bits per heavy atom. The molecule has 2 aromatic carbocycles. The molecule has 1 aliphatic heterocycles. The van der Waals surface area contributed by atoms with Crippen molar-refractivity contribution in [1.29, 1.82) is 0 Å². The summed E-state index contributed by atoms with van der Waals surface area (Å²) < 4.78 is 61.7. The lowest BCUT2D eigenvalue weighted by Gasteiger charge is -2.25. The van der Waals surface area contributed by atoms with Gasteiger partial charge in [-0.05, 0) is 61.2 Å². The van der Waals surface area contributed by atoms with E-state index in [1.807, 2.05) is 32.0 Å². The fraction of sp³-hybridized carbons (Fsp3) is 0.571. The third-order valence-electron chi connectivity index (χ3n) is 6.42. The second-order valence-corrected chi connectivity index (χ2v) is 11.2. The molecule has 0 aliphatic carbocycles. The Balaban J connectivity index is 2.10. The van der Waals surface area contributed by atoms with E-state index in [9.17, 15) is 8.42 Å². The Morgan fingerprint density at radius 2 is 1.47 bits per heavy atom. The summed E-state index contributed by atoms with van der Waals surface area (Å²) in [6.07, 6.45) is -0.0762. The van der Waals surface area contributed by atoms with Gasteiger partial charge in [0.15, 0.2) is 21.3 Å². The van der Waals surface area contributed by atoms with Gasteiger partial charge in [0.1, 0.15) is 24.4 Å². The standard InChI is InChI=1S/C28H41NO8S/c1-6-13-35-28-25(20-17-22(32-3)26(34-5)23(18-20)33-4)37-24(27(28)36-14-9-12-29)19-10-8-11-21(16-19)38(30,31)15-7-2/h8,10-11,16-18,24-25,27-28H,6-7,9,12-15,29H2,1-5H3. The van der Waals surface area contributed by atoms with E-state index in [4.69, 9.17) is 34.2 Å². The molecule has 4 atom stereocenters. The van der Waals surface area contributed by atoms with E-state index < -0.39 is 34.3 Å². The van der Waals surface area contributed by atoms with Crippen LogP contribution in [0.25, 0.3) is 0 Å². The van der Waals surface area contributed by atoms with Crippen LogP contribution < -0.4 is 19.9 Å². The smallest absolute Gasteiger partial charge is 0.203 e. The van der Waals surface area contributed by atoms with Gasteiger partial charge in [0, 0.05) is 13.2 Å². The highest BCUT2D eigenvalue weighted by Gasteiger charge is 2.48. The molecule has 1 heterocycles. The van der Waals surface area contributed by atoms with Crippen molar-refractivity contribution in [1.82, 2.24) is 0 Å². The average Bonchev–Trinajstić information content (AvgIpc) is 3.29. The maximum atomic E-state index is 12.8. The van der Waals surface area contributed by atoms with E-state index >= 15 is 0 Å². The minimum Gasteiger partial charge on any atom is -0.493 e. The van der Waals surface area contributed by atoms with Crippen LogP contribution in [0, 0.1) is 0 Å². The second-order valence-electron chi connectivity index (χ2n) is 9.14. The lowest BCUT2D eigenvalue weighted by atomic mass is 9.97. The Morgan fingerprint density at radius 1 is 0.842 bits per heavy atom. The molecule has 10 heteroatoms. The Hall–Kier alpha value is -2.37. The van der Waals surface area contributed by atoms with Crippen molar-refractivity contribution in [2.45, 2.75) is 62.4 Å². The van der Waals surface area contributed by atoms with Crippen molar-refractivity contribution in [3.8, 4) is 17.2 Å². The van der Waals surface area contributed by atoms with Crippen molar-refractivity contribution in [2.75, 3.05) is 46.8 Å². The summed E-state index contributed by atoms with van der Waals surface area (Å²) in [6, 6.07) is 10.6. The molecule has 212 valence electrons. The van der Waals surface area contributed by atoms with Crippen LogP contribution in [-0.2, 0) is 24.0 Å². The molecule has 0 aromatic heterocycles. The molecule has 1 aliphatic rings. The summed E-state index contributed by atoms with van der Waals surface area (Å²) in [5, 5.41) is 0. The van der Waals surface area contributed by atoms with Gasteiger partial charge in [-0.25, -0.2) is 8.42 Å². The molecule has 0 bridgehead atoms. The zero-order valence-corrected chi connectivity index (χ0v) is 23.8. The molecule has 1 saturated heterocycles. The van der Waals surface area contributed by atoms with Crippen molar-refractivity contribution in [3.05, 3.63) is 47.5 Å². The Bertz CT molecular complexity index is 1110. The quantitative estimate of drug-likeness (QED) is 0.325. The van der Waals surface area contributed by atoms with Gasteiger partial charge < -0.3 is 34.2 Å². The van der Waals surface area contributed by atoms with Gasteiger partial charge >= 0.3 is 0 Å². The third kappa shape index (κ3) is 6.79. The molecule has 0 spiro atoms. The second kappa shape index (κ2) is 14.1. The van der Waals surface area contributed by atoms with Crippen LogP contribution in [0.4, 0.5) is 0 Å². The zero-order chi connectivity index (χ0) is 27.7. The minimum absolute atomic E-state index is 0.0781. The first kappa shape index (κ1) is 30.2. The van der Waals surface area contributed by atoms with Crippen molar-refractivity contribution in [3.63, 3.8) is 0 Å². The lowest BCUT2D eigenvalue weighted by Crippen LogP contribution is -2.34. The number of benzene rings is 2. The normalized spacial score (nSPS) is 21.4. The predicted octanol–water partition coefficient (Wildman–Crippen LogP) is 4.24. The highest BCUT2D eigenvalue weighted by molar-refractivity contribution is 7.91. The number of rotatable bonds is 15. The highest BCUT2D eigenvalue weighted by atomic mass is 32.2. The van der Waals surface area contributed by atoms with Crippen LogP contribution in [0.1, 0.15) is 56.4 Å². The minimum atomic E-state index is -3.41. The molecule has 2 aromatic rings. The largest absolute Gasteiger partial charge is 0.493 e. The Kier molecular flexibility index (Phi) is 11.2. The number of nitrogens with two attached hydrogens (primary N) is 1. The molecule has 4 unspecified atom stereocenters. The van der Waals surface area contributed by atoms with E-state index in [0.29, 0.717) is 55.4 Å². The van der Waals surface area contributed by atoms with Crippen LogP contribution in [0.3, 0.4) is 0 Å². The number of methoxy groups -OCH3 is 3. The monoisotopic (exact) mass is 551 g/mol. The van der Waals surface area contributed by atoms with E-state index in [1.54, 1.807) is 39.5 Å². The van der Waals surface area contributed by atoms with E-state index in [1.165, 1.54) is 0 Å². The average molecular weight is 552 g/mol. The van der Waals surface area contributed by atoms with Gasteiger partial charge in [0.05, 0.1) is 32.0 Å². The first-order chi connectivity index (χ1) is 18.3. The van der Waals surface area contributed by atoms with Crippen LogP contribution in [0.2, 0.25) is 0 Å². The SMILES string of the molecule is CCCOC1C(c2cc(OC)c(OC)c(OC)c2)OC(c2cccc(S(=O)(=O)CCC)c2)C1OCCCN. The summed E-state index contributed by atoms with van der Waals surface area (Å²) in [5.41, 5.74) is 7.21. The summed E-state index contributed by atoms with van der Waals surface area (Å²) in [4.78, 5) is 0.267. The van der Waals surface area contributed by atoms with E-state index in [-0.39, 0.29) is 10.6 Å². The fourth-order valence-corrected chi connectivity index (χ4v) is 6.03. The molecule has 9 nitrogen and oxygen atoms in total. The van der Waals surface area contributed by atoms with Crippen LogP contribution in [-0.4, -0.2) is 67.5 Å². The van der Waals surface area contributed by atoms with Crippen molar-refractivity contribution < 1.29 is 36.8 Å². The number of sulfone groups is 1. The number of hydrogen-bond donors (Lipinski definition) is 1. The van der Waals surface area contributed by atoms with Crippen LogP contribution in [0.5, 0.6) is 17.2 Å². The van der Waals surface area contributed by atoms with E-state index in [2.05, 4.69) is 0 Å². The zero-order valence-electron chi connectivity index (χ0n) is 23.0. The van der Waals surface area contributed by atoms with Gasteiger partial charge in [0.25, 0.3) is 0 Å². The van der Waals surface area contributed by atoms with E-state index in [0.717, 1.165) is 12.0 Å². The third-order valence-corrected chi connectivity index (χ3v) is 8.34. The van der Waals surface area contributed by atoms with Gasteiger partial charge in [-0.2, -0.15) is 0 Å². The predicted molar refractivity (Wildman–Crippen MR) is 145 cm³/mol. The summed E-state index contributed by atoms with van der Waals surface area (Å²) in [5.74, 6) is 1.55. The molecule has 1 fully saturated rings. The molecule has 2 N–H and O–H groups in total. The fourth-order valence-electron chi connectivity index (χ4n) is 4.65. The molecule has 0 amide bonds. The van der Waals surface area contributed by atoms with Gasteiger partial charge in [-0.1, -0.05) is 26.0 Å². The number of ether oxygens (including phenoxy) is 6. The molecular weight excluding hydrogens is 510 g/mol. The van der Waals surface area contributed by atoms with Crippen LogP contribution >= 0.6 is 0 Å². The molecular formula is C28H41NO8S. The first-order valence-electron chi connectivity index (χ1n) is 13.1. The lowest BCUT2D eigenvalue weighted by molar-refractivity contribution is -0.0674. The summed E-state index contributed by atoms with van der Waals surface area (Å²) in [7, 11) is 1.26. The molecule has 0 saturated carbocycles. The van der Waals surface area contributed by atoms with Crippen LogP contribution in [0.15, 0.2) is 41.3 Å². The Labute approximate surface area is 226 Å². The summed E-state index contributed by atoms with van der Waals surface area (Å²) in [6.45, 7) is 5.29. The highest BCUT2D eigenvalue weighted by Crippen LogP contribution is 2.48. The van der Waals surface area contributed by atoms with Crippen molar-refractivity contribution in [2.24, 2.45) is 5.73 Å². The first-order valence-corrected chi connectivity index (χ1v) is 14.7. The summed E-state index contributed by atoms with van der Waals surface area (Å²) >= 11 is 0. The van der Waals surface area contributed by atoms with Gasteiger partial charge in [-0.3, -0.25) is 0 Å². The molecule has 3 rings (SSSR count). The maximum Gasteiger partial charge on any atom is 0.203 e. The van der Waals surface area contributed by atoms with Crippen molar-refractivity contribution >= 4 is 9.84 Å². The number of hydrogen-bond acceptors (Lipinski definition) is 9. The maximum absolute atomic E-state index is 12.8. The topological polar surface area (TPSA) is 116 Å². The molecule has 38 heavy (non-hydrogen) atoms. The molecule has 0 radical (unpaired) electrons. The van der Waals surface area contributed by atoms with Gasteiger partial charge in [0.2, 0.25) is 5.75 Å².